The zero-order valence-electron chi connectivity index (χ0n) is 16.2. The first kappa shape index (κ1) is 19.6. The number of carbonyl (C=O) groups excluding carboxylic acids is 3. The summed E-state index contributed by atoms with van der Waals surface area (Å²) in [4.78, 5) is 37.7. The molecule has 1 aliphatic heterocycles. The van der Waals surface area contributed by atoms with Crippen molar-refractivity contribution in [1.29, 1.82) is 0 Å². The first-order valence-electron chi connectivity index (χ1n) is 9.51. The van der Waals surface area contributed by atoms with E-state index < -0.39 is 0 Å². The van der Waals surface area contributed by atoms with Crippen molar-refractivity contribution in [3.63, 3.8) is 0 Å². The van der Waals surface area contributed by atoms with E-state index in [1.54, 1.807) is 36.4 Å². The largest absolute Gasteiger partial charge is 0.338 e. The van der Waals surface area contributed by atoms with Crippen molar-refractivity contribution in [3.05, 3.63) is 59.7 Å². The van der Waals surface area contributed by atoms with Gasteiger partial charge in [-0.3, -0.25) is 14.4 Å². The van der Waals surface area contributed by atoms with Gasteiger partial charge >= 0.3 is 0 Å². The van der Waals surface area contributed by atoms with Gasteiger partial charge in [-0.1, -0.05) is 26.0 Å². The van der Waals surface area contributed by atoms with Gasteiger partial charge in [0.15, 0.2) is 0 Å². The maximum Gasteiger partial charge on any atom is 0.255 e. The predicted molar refractivity (Wildman–Crippen MR) is 109 cm³/mol. The van der Waals surface area contributed by atoms with Crippen LogP contribution in [0.3, 0.4) is 0 Å². The van der Waals surface area contributed by atoms with Crippen LogP contribution in [0.25, 0.3) is 0 Å². The average molecular weight is 379 g/mol. The number of nitrogens with one attached hydrogen (secondary N) is 2. The molecule has 0 bridgehead atoms. The van der Waals surface area contributed by atoms with Gasteiger partial charge in [0, 0.05) is 42.4 Å². The molecular formula is C22H25N3O3. The SMILES string of the molecule is CC(C)C(=O)Nc1ccc(NC(=O)c2ccc(CN3CCCC3=O)cc2)cc1. The summed E-state index contributed by atoms with van der Waals surface area (Å²) in [5.74, 6) is -0.156. The van der Waals surface area contributed by atoms with E-state index in [-0.39, 0.29) is 23.6 Å². The number of rotatable bonds is 6. The summed E-state index contributed by atoms with van der Waals surface area (Å²) in [7, 11) is 0. The number of hydrogen-bond donors (Lipinski definition) is 2. The number of amides is 3. The van der Waals surface area contributed by atoms with Crippen molar-refractivity contribution < 1.29 is 14.4 Å². The molecule has 0 aliphatic carbocycles. The molecule has 0 unspecified atom stereocenters. The van der Waals surface area contributed by atoms with E-state index >= 15 is 0 Å². The number of benzene rings is 2. The van der Waals surface area contributed by atoms with E-state index in [2.05, 4.69) is 10.6 Å². The first-order valence-corrected chi connectivity index (χ1v) is 9.51. The number of anilines is 2. The fourth-order valence-electron chi connectivity index (χ4n) is 2.98. The lowest BCUT2D eigenvalue weighted by molar-refractivity contribution is -0.128. The molecular weight excluding hydrogens is 354 g/mol. The molecule has 1 fully saturated rings. The predicted octanol–water partition coefficient (Wildman–Crippen LogP) is 3.66. The second-order valence-electron chi connectivity index (χ2n) is 7.29. The summed E-state index contributed by atoms with van der Waals surface area (Å²) in [5.41, 5.74) is 2.91. The number of nitrogens with zero attached hydrogens (tertiary/aromatic N) is 1. The molecule has 2 aromatic carbocycles. The zero-order chi connectivity index (χ0) is 20.1. The molecule has 1 heterocycles. The van der Waals surface area contributed by atoms with E-state index in [0.29, 0.717) is 29.9 Å². The smallest absolute Gasteiger partial charge is 0.255 e. The highest BCUT2D eigenvalue weighted by Crippen LogP contribution is 2.17. The molecule has 0 aromatic heterocycles. The monoisotopic (exact) mass is 379 g/mol. The Hall–Kier alpha value is -3.15. The highest BCUT2D eigenvalue weighted by atomic mass is 16.2. The van der Waals surface area contributed by atoms with Gasteiger partial charge in [-0.15, -0.1) is 0 Å². The Morgan fingerprint density at radius 3 is 2.11 bits per heavy atom. The topological polar surface area (TPSA) is 78.5 Å². The van der Waals surface area contributed by atoms with Crippen LogP contribution in [0.15, 0.2) is 48.5 Å². The molecule has 0 spiro atoms. The van der Waals surface area contributed by atoms with E-state index in [4.69, 9.17) is 0 Å². The Morgan fingerprint density at radius 2 is 1.57 bits per heavy atom. The van der Waals surface area contributed by atoms with Crippen molar-refractivity contribution in [2.75, 3.05) is 17.2 Å². The van der Waals surface area contributed by atoms with Crippen LogP contribution in [0.2, 0.25) is 0 Å². The van der Waals surface area contributed by atoms with Gasteiger partial charge in [-0.25, -0.2) is 0 Å². The van der Waals surface area contributed by atoms with E-state index in [0.717, 1.165) is 18.5 Å². The van der Waals surface area contributed by atoms with Crippen molar-refractivity contribution in [3.8, 4) is 0 Å². The van der Waals surface area contributed by atoms with Gasteiger partial charge in [-0.05, 0) is 48.4 Å². The van der Waals surface area contributed by atoms with Crippen LogP contribution in [0.4, 0.5) is 11.4 Å². The van der Waals surface area contributed by atoms with Crippen LogP contribution in [-0.2, 0) is 16.1 Å². The molecule has 146 valence electrons. The van der Waals surface area contributed by atoms with Crippen molar-refractivity contribution in [2.45, 2.75) is 33.2 Å². The molecule has 3 amide bonds. The van der Waals surface area contributed by atoms with Gasteiger partial charge in [0.25, 0.3) is 5.91 Å². The molecule has 0 saturated carbocycles. The fraction of sp³-hybridized carbons (Fsp3) is 0.318. The van der Waals surface area contributed by atoms with E-state index in [1.165, 1.54) is 0 Å². The minimum Gasteiger partial charge on any atom is -0.338 e. The summed E-state index contributed by atoms with van der Waals surface area (Å²) in [6, 6.07) is 14.3. The minimum absolute atomic E-state index is 0.0486. The summed E-state index contributed by atoms with van der Waals surface area (Å²) in [6.07, 6.45) is 1.54. The third-order valence-corrected chi connectivity index (χ3v) is 4.70. The molecule has 6 heteroatoms. The van der Waals surface area contributed by atoms with Gasteiger partial charge < -0.3 is 15.5 Å². The van der Waals surface area contributed by atoms with Gasteiger partial charge in [0.05, 0.1) is 0 Å². The summed E-state index contributed by atoms with van der Waals surface area (Å²) >= 11 is 0. The van der Waals surface area contributed by atoms with Gasteiger partial charge in [0.1, 0.15) is 0 Å². The number of likely N-dealkylation sites (tertiary alicyclic amines) is 1. The lowest BCUT2D eigenvalue weighted by Crippen LogP contribution is -2.23. The summed E-state index contributed by atoms with van der Waals surface area (Å²) < 4.78 is 0. The third-order valence-electron chi connectivity index (χ3n) is 4.70. The summed E-state index contributed by atoms with van der Waals surface area (Å²) in [6.45, 7) is 5.05. The molecule has 3 rings (SSSR count). The summed E-state index contributed by atoms with van der Waals surface area (Å²) in [5, 5.41) is 5.66. The lowest BCUT2D eigenvalue weighted by Gasteiger charge is -2.15. The fourth-order valence-corrected chi connectivity index (χ4v) is 2.98. The van der Waals surface area contributed by atoms with Crippen molar-refractivity contribution >= 4 is 29.1 Å². The van der Waals surface area contributed by atoms with E-state index in [1.807, 2.05) is 30.9 Å². The maximum absolute atomic E-state index is 12.4. The molecule has 2 aromatic rings. The standard InChI is InChI=1S/C22H25N3O3/c1-15(2)21(27)23-18-9-11-19(12-10-18)24-22(28)17-7-5-16(6-8-17)14-25-13-3-4-20(25)26/h5-12,15H,3-4,13-14H2,1-2H3,(H,23,27)(H,24,28). The first-order chi connectivity index (χ1) is 13.4. The quantitative estimate of drug-likeness (QED) is 0.804. The second kappa shape index (κ2) is 8.69. The van der Waals surface area contributed by atoms with Gasteiger partial charge in [-0.2, -0.15) is 0 Å². The molecule has 0 radical (unpaired) electrons. The minimum atomic E-state index is -0.206. The maximum atomic E-state index is 12.4. The van der Waals surface area contributed by atoms with Crippen LogP contribution in [-0.4, -0.2) is 29.2 Å². The molecule has 6 nitrogen and oxygen atoms in total. The Kier molecular flexibility index (Phi) is 6.09. The highest BCUT2D eigenvalue weighted by Gasteiger charge is 2.20. The third kappa shape index (κ3) is 4.97. The molecule has 1 saturated heterocycles. The van der Waals surface area contributed by atoms with Crippen molar-refractivity contribution in [1.82, 2.24) is 4.90 Å². The van der Waals surface area contributed by atoms with Crippen LogP contribution in [0.5, 0.6) is 0 Å². The van der Waals surface area contributed by atoms with Crippen molar-refractivity contribution in [2.24, 2.45) is 5.92 Å². The Balaban J connectivity index is 1.57. The zero-order valence-corrected chi connectivity index (χ0v) is 16.2. The van der Waals surface area contributed by atoms with Crippen LogP contribution in [0, 0.1) is 5.92 Å². The Morgan fingerprint density at radius 1 is 0.964 bits per heavy atom. The highest BCUT2D eigenvalue weighted by molar-refractivity contribution is 6.04. The Bertz CT molecular complexity index is 858. The van der Waals surface area contributed by atoms with Gasteiger partial charge in [0.2, 0.25) is 11.8 Å². The Labute approximate surface area is 164 Å². The number of carbonyl (C=O) groups is 3. The molecule has 2 N–H and O–H groups in total. The lowest BCUT2D eigenvalue weighted by atomic mass is 10.1. The normalized spacial score (nSPS) is 13.7. The molecule has 0 atom stereocenters. The molecule has 28 heavy (non-hydrogen) atoms. The van der Waals surface area contributed by atoms with E-state index in [9.17, 15) is 14.4 Å². The second-order valence-corrected chi connectivity index (χ2v) is 7.29. The van der Waals surface area contributed by atoms with Crippen LogP contribution < -0.4 is 10.6 Å². The molecule has 1 aliphatic rings. The average Bonchev–Trinajstić information content (AvgIpc) is 3.08. The van der Waals surface area contributed by atoms with Crippen LogP contribution in [0.1, 0.15) is 42.6 Å². The number of hydrogen-bond acceptors (Lipinski definition) is 3. The van der Waals surface area contributed by atoms with Crippen LogP contribution >= 0.6 is 0 Å².